The van der Waals surface area contributed by atoms with Crippen LogP contribution in [-0.2, 0) is 17.6 Å². The molecule has 1 atom stereocenters. The minimum Gasteiger partial charge on any atom is -0.387 e. The molecule has 0 saturated heterocycles. The molecule has 1 amide bonds. The van der Waals surface area contributed by atoms with Gasteiger partial charge in [-0.05, 0) is 62.6 Å². The maximum absolute atomic E-state index is 12.4. The number of nitrogens with zero attached hydrogens (tertiary/aromatic N) is 1. The Labute approximate surface area is 144 Å². The minimum atomic E-state index is -0.324. The van der Waals surface area contributed by atoms with E-state index in [2.05, 4.69) is 28.8 Å². The van der Waals surface area contributed by atoms with E-state index in [-0.39, 0.29) is 23.6 Å². The summed E-state index contributed by atoms with van der Waals surface area (Å²) in [6.45, 7) is 5.98. The summed E-state index contributed by atoms with van der Waals surface area (Å²) >= 11 is 0. The van der Waals surface area contributed by atoms with Crippen molar-refractivity contribution in [2.45, 2.75) is 65.0 Å². The Bertz CT molecular complexity index is 655. The van der Waals surface area contributed by atoms with Crippen molar-refractivity contribution in [1.29, 1.82) is 5.26 Å². The third kappa shape index (κ3) is 4.61. The Hall–Kier alpha value is -2.28. The van der Waals surface area contributed by atoms with Crippen LogP contribution >= 0.6 is 0 Å². The number of hydrogen-bond donors (Lipinski definition) is 2. The van der Waals surface area contributed by atoms with Gasteiger partial charge in [0.25, 0.3) is 5.91 Å². The zero-order valence-corrected chi connectivity index (χ0v) is 14.9. The Balaban J connectivity index is 2.12. The van der Waals surface area contributed by atoms with E-state index >= 15 is 0 Å². The highest BCUT2D eigenvalue weighted by atomic mass is 16.1. The van der Waals surface area contributed by atoms with Crippen molar-refractivity contribution in [3.63, 3.8) is 0 Å². The van der Waals surface area contributed by atoms with Gasteiger partial charge in [-0.1, -0.05) is 25.1 Å². The number of hydrogen-bond acceptors (Lipinski definition) is 3. The lowest BCUT2D eigenvalue weighted by Crippen LogP contribution is -2.30. The largest absolute Gasteiger partial charge is 0.387 e. The number of nitriles is 1. The molecule has 0 bridgehead atoms. The second-order valence-corrected chi connectivity index (χ2v) is 6.66. The molecule has 1 aromatic carbocycles. The topological polar surface area (TPSA) is 64.9 Å². The molecule has 4 heteroatoms. The van der Waals surface area contributed by atoms with E-state index in [1.54, 1.807) is 0 Å². The SMILES string of the molecule is CCC(NC(=O)/C(C#N)=C\NC(C)C)c1ccc2c(c1)CCCC2. The summed E-state index contributed by atoms with van der Waals surface area (Å²) in [6, 6.07) is 8.62. The molecule has 1 unspecified atom stereocenters. The highest BCUT2D eigenvalue weighted by Gasteiger charge is 2.18. The van der Waals surface area contributed by atoms with Crippen molar-refractivity contribution in [2.75, 3.05) is 0 Å². The summed E-state index contributed by atoms with van der Waals surface area (Å²) in [5.41, 5.74) is 4.08. The molecule has 1 aliphatic rings. The molecule has 0 saturated carbocycles. The third-order valence-corrected chi connectivity index (χ3v) is 4.41. The molecule has 0 aliphatic heterocycles. The van der Waals surface area contributed by atoms with Gasteiger partial charge in [-0.3, -0.25) is 4.79 Å². The minimum absolute atomic E-state index is 0.0690. The fourth-order valence-corrected chi connectivity index (χ4v) is 3.03. The first-order valence-corrected chi connectivity index (χ1v) is 8.84. The second kappa shape index (κ2) is 8.54. The maximum atomic E-state index is 12.4. The van der Waals surface area contributed by atoms with Crippen LogP contribution in [0.15, 0.2) is 30.0 Å². The number of nitrogens with one attached hydrogen (secondary N) is 2. The van der Waals surface area contributed by atoms with Gasteiger partial charge >= 0.3 is 0 Å². The zero-order valence-electron chi connectivity index (χ0n) is 14.9. The molecular formula is C20H27N3O. The normalized spacial score (nSPS) is 15.4. The highest BCUT2D eigenvalue weighted by Crippen LogP contribution is 2.26. The summed E-state index contributed by atoms with van der Waals surface area (Å²) < 4.78 is 0. The molecule has 0 heterocycles. The van der Waals surface area contributed by atoms with Crippen LogP contribution in [0.3, 0.4) is 0 Å². The van der Waals surface area contributed by atoms with E-state index in [0.717, 1.165) is 24.8 Å². The lowest BCUT2D eigenvalue weighted by molar-refractivity contribution is -0.117. The zero-order chi connectivity index (χ0) is 17.5. The van der Waals surface area contributed by atoms with E-state index in [9.17, 15) is 10.1 Å². The first-order chi connectivity index (χ1) is 11.5. The van der Waals surface area contributed by atoms with Crippen LogP contribution in [0.1, 0.15) is 62.8 Å². The number of amides is 1. The molecule has 1 aromatic rings. The van der Waals surface area contributed by atoms with E-state index in [0.29, 0.717) is 0 Å². The number of carbonyl (C=O) groups excluding carboxylic acids is 1. The molecule has 4 nitrogen and oxygen atoms in total. The van der Waals surface area contributed by atoms with Gasteiger partial charge < -0.3 is 10.6 Å². The van der Waals surface area contributed by atoms with E-state index in [4.69, 9.17) is 0 Å². The van der Waals surface area contributed by atoms with Gasteiger partial charge in [0.1, 0.15) is 11.6 Å². The number of carbonyl (C=O) groups is 1. The average Bonchev–Trinajstić information content (AvgIpc) is 2.59. The molecule has 2 N–H and O–H groups in total. The molecule has 128 valence electrons. The van der Waals surface area contributed by atoms with Gasteiger partial charge in [-0.25, -0.2) is 0 Å². The van der Waals surface area contributed by atoms with Crippen LogP contribution in [-0.4, -0.2) is 11.9 Å². The van der Waals surface area contributed by atoms with Crippen LogP contribution in [0.4, 0.5) is 0 Å². The van der Waals surface area contributed by atoms with Crippen molar-refractivity contribution in [1.82, 2.24) is 10.6 Å². The first kappa shape index (κ1) is 18.1. The summed E-state index contributed by atoms with van der Waals surface area (Å²) in [6.07, 6.45) is 7.07. The van der Waals surface area contributed by atoms with Crippen molar-refractivity contribution in [2.24, 2.45) is 0 Å². The monoisotopic (exact) mass is 325 g/mol. The third-order valence-electron chi connectivity index (χ3n) is 4.41. The Kier molecular flexibility index (Phi) is 6.43. The Morgan fingerprint density at radius 1 is 1.29 bits per heavy atom. The maximum Gasteiger partial charge on any atom is 0.263 e. The fourth-order valence-electron chi connectivity index (χ4n) is 3.03. The van der Waals surface area contributed by atoms with Gasteiger partial charge in [0.15, 0.2) is 0 Å². The predicted octanol–water partition coefficient (Wildman–Crippen LogP) is 3.54. The van der Waals surface area contributed by atoms with Gasteiger partial charge in [-0.2, -0.15) is 5.26 Å². The fraction of sp³-hybridized carbons (Fsp3) is 0.500. The molecule has 0 radical (unpaired) electrons. The molecule has 24 heavy (non-hydrogen) atoms. The molecule has 0 fully saturated rings. The number of fused-ring (bicyclic) bond motifs is 1. The van der Waals surface area contributed by atoms with E-state index in [1.165, 1.54) is 30.2 Å². The first-order valence-electron chi connectivity index (χ1n) is 8.84. The predicted molar refractivity (Wildman–Crippen MR) is 96.2 cm³/mol. The van der Waals surface area contributed by atoms with Crippen LogP contribution in [0.5, 0.6) is 0 Å². The van der Waals surface area contributed by atoms with E-state index in [1.807, 2.05) is 26.8 Å². The molecule has 2 rings (SSSR count). The van der Waals surface area contributed by atoms with Crippen molar-refractivity contribution in [3.8, 4) is 6.07 Å². The highest BCUT2D eigenvalue weighted by molar-refractivity contribution is 5.97. The van der Waals surface area contributed by atoms with Crippen molar-refractivity contribution >= 4 is 5.91 Å². The van der Waals surface area contributed by atoms with Crippen molar-refractivity contribution in [3.05, 3.63) is 46.7 Å². The van der Waals surface area contributed by atoms with E-state index < -0.39 is 0 Å². The summed E-state index contributed by atoms with van der Waals surface area (Å²) in [7, 11) is 0. The van der Waals surface area contributed by atoms with Gasteiger partial charge in [0.2, 0.25) is 0 Å². The molecular weight excluding hydrogens is 298 g/mol. The lowest BCUT2D eigenvalue weighted by atomic mass is 9.88. The second-order valence-electron chi connectivity index (χ2n) is 6.66. The van der Waals surface area contributed by atoms with Crippen LogP contribution in [0.25, 0.3) is 0 Å². The number of rotatable bonds is 6. The summed E-state index contributed by atoms with van der Waals surface area (Å²) in [5.74, 6) is -0.324. The van der Waals surface area contributed by atoms with Gasteiger partial charge in [0, 0.05) is 12.2 Å². The van der Waals surface area contributed by atoms with Crippen LogP contribution in [0, 0.1) is 11.3 Å². The number of aryl methyl sites for hydroxylation is 2. The Morgan fingerprint density at radius 3 is 2.62 bits per heavy atom. The number of benzene rings is 1. The smallest absolute Gasteiger partial charge is 0.263 e. The summed E-state index contributed by atoms with van der Waals surface area (Å²) in [5, 5.41) is 15.2. The molecule has 0 spiro atoms. The van der Waals surface area contributed by atoms with Crippen LogP contribution < -0.4 is 10.6 Å². The quantitative estimate of drug-likeness (QED) is 0.621. The lowest BCUT2D eigenvalue weighted by Gasteiger charge is -2.21. The van der Waals surface area contributed by atoms with Gasteiger partial charge in [-0.15, -0.1) is 0 Å². The molecule has 1 aliphatic carbocycles. The molecule has 0 aromatic heterocycles. The summed E-state index contributed by atoms with van der Waals surface area (Å²) in [4.78, 5) is 12.4. The van der Waals surface area contributed by atoms with Crippen molar-refractivity contribution < 1.29 is 4.79 Å². The Morgan fingerprint density at radius 2 is 2.00 bits per heavy atom. The van der Waals surface area contributed by atoms with Crippen LogP contribution in [0.2, 0.25) is 0 Å². The van der Waals surface area contributed by atoms with Gasteiger partial charge in [0.05, 0.1) is 6.04 Å². The average molecular weight is 325 g/mol. The standard InChI is InChI=1S/C20H27N3O/c1-4-19(23-20(24)18(12-21)13-22-14(2)3)17-10-9-15-7-5-6-8-16(15)11-17/h9-11,13-14,19,22H,4-8H2,1-3H3,(H,23,24)/b18-13-.